The number of rotatable bonds is 1. The lowest BCUT2D eigenvalue weighted by Gasteiger charge is -2.34. The highest BCUT2D eigenvalue weighted by Crippen LogP contribution is 2.18. The fourth-order valence-corrected chi connectivity index (χ4v) is 2.09. The zero-order valence-corrected chi connectivity index (χ0v) is 10.3. The van der Waals surface area contributed by atoms with Crippen molar-refractivity contribution in [2.24, 2.45) is 5.92 Å². The van der Waals surface area contributed by atoms with E-state index in [1.165, 1.54) is 0 Å². The third kappa shape index (κ3) is 2.64. The summed E-state index contributed by atoms with van der Waals surface area (Å²) < 4.78 is 0. The number of aryl methyl sites for hydroxylation is 1. The maximum Gasteiger partial charge on any atom is 0.254 e. The molecular formula is C13H18N2O2. The van der Waals surface area contributed by atoms with Crippen molar-refractivity contribution in [3.8, 4) is 0 Å². The molecule has 0 saturated carbocycles. The molecule has 1 aromatic rings. The van der Waals surface area contributed by atoms with Gasteiger partial charge in [-0.1, -0.05) is 6.92 Å². The molecule has 2 rings (SSSR count). The van der Waals surface area contributed by atoms with Crippen LogP contribution >= 0.6 is 0 Å². The van der Waals surface area contributed by atoms with Crippen LogP contribution in [-0.2, 0) is 0 Å². The molecule has 17 heavy (non-hydrogen) atoms. The molecule has 1 fully saturated rings. The topological polar surface area (TPSA) is 53.4 Å². The number of hydrogen-bond donors (Lipinski definition) is 1. The Morgan fingerprint density at radius 1 is 1.59 bits per heavy atom. The van der Waals surface area contributed by atoms with Crippen LogP contribution in [-0.4, -0.2) is 40.1 Å². The zero-order valence-electron chi connectivity index (χ0n) is 10.3. The van der Waals surface area contributed by atoms with Gasteiger partial charge in [-0.2, -0.15) is 0 Å². The fourth-order valence-electron chi connectivity index (χ4n) is 2.09. The second kappa shape index (κ2) is 4.84. The van der Waals surface area contributed by atoms with Gasteiger partial charge in [-0.25, -0.2) is 0 Å². The molecular weight excluding hydrogens is 216 g/mol. The van der Waals surface area contributed by atoms with Crippen molar-refractivity contribution < 1.29 is 9.90 Å². The molecule has 2 unspecified atom stereocenters. The van der Waals surface area contributed by atoms with Crippen LogP contribution in [0.15, 0.2) is 18.3 Å². The van der Waals surface area contributed by atoms with E-state index in [0.29, 0.717) is 12.1 Å². The van der Waals surface area contributed by atoms with Crippen molar-refractivity contribution in [2.75, 3.05) is 13.1 Å². The minimum Gasteiger partial charge on any atom is -0.391 e. The standard InChI is InChI=1S/C13H18N2O2/c1-9-4-6-15(8-12(9)16)13(17)11-3-5-14-10(2)7-11/h3,5,7,9,12,16H,4,6,8H2,1-2H3. The normalized spacial score (nSPS) is 24.8. The fraction of sp³-hybridized carbons (Fsp3) is 0.538. The van der Waals surface area contributed by atoms with Crippen molar-refractivity contribution in [1.82, 2.24) is 9.88 Å². The molecule has 0 aromatic carbocycles. The number of aliphatic hydroxyl groups is 1. The number of carbonyl (C=O) groups excluding carboxylic acids is 1. The first kappa shape index (κ1) is 12.0. The molecule has 0 radical (unpaired) electrons. The number of carbonyl (C=O) groups is 1. The Hall–Kier alpha value is -1.42. The molecule has 0 bridgehead atoms. The van der Waals surface area contributed by atoms with Gasteiger partial charge < -0.3 is 10.0 Å². The van der Waals surface area contributed by atoms with Crippen molar-refractivity contribution in [3.63, 3.8) is 0 Å². The highest BCUT2D eigenvalue weighted by atomic mass is 16.3. The van der Waals surface area contributed by atoms with Crippen LogP contribution in [0, 0.1) is 12.8 Å². The Morgan fingerprint density at radius 2 is 2.35 bits per heavy atom. The minimum absolute atomic E-state index is 0.0125. The van der Waals surface area contributed by atoms with Crippen LogP contribution in [0.2, 0.25) is 0 Å². The molecule has 4 nitrogen and oxygen atoms in total. The van der Waals surface area contributed by atoms with E-state index < -0.39 is 6.10 Å². The summed E-state index contributed by atoms with van der Waals surface area (Å²) in [6, 6.07) is 3.51. The van der Waals surface area contributed by atoms with Gasteiger partial charge in [0.05, 0.1) is 6.10 Å². The van der Waals surface area contributed by atoms with E-state index >= 15 is 0 Å². The molecule has 1 aromatic heterocycles. The number of likely N-dealkylation sites (tertiary alicyclic amines) is 1. The van der Waals surface area contributed by atoms with Gasteiger partial charge in [-0.05, 0) is 31.4 Å². The summed E-state index contributed by atoms with van der Waals surface area (Å²) in [5.41, 5.74) is 1.49. The van der Waals surface area contributed by atoms with Gasteiger partial charge in [0.2, 0.25) is 0 Å². The number of aliphatic hydroxyl groups excluding tert-OH is 1. The van der Waals surface area contributed by atoms with E-state index in [1.807, 2.05) is 13.8 Å². The zero-order chi connectivity index (χ0) is 12.4. The summed E-state index contributed by atoms with van der Waals surface area (Å²) in [6.45, 7) is 5.03. The third-order valence-corrected chi connectivity index (χ3v) is 3.35. The van der Waals surface area contributed by atoms with Crippen LogP contribution in [0.4, 0.5) is 0 Å². The SMILES string of the molecule is Cc1cc(C(=O)N2CCC(C)C(O)C2)ccn1. The predicted octanol–water partition coefficient (Wildman–Crippen LogP) is 1.23. The van der Waals surface area contributed by atoms with Crippen LogP contribution in [0.5, 0.6) is 0 Å². The largest absolute Gasteiger partial charge is 0.391 e. The monoisotopic (exact) mass is 234 g/mol. The number of piperidine rings is 1. The lowest BCUT2D eigenvalue weighted by Crippen LogP contribution is -2.45. The minimum atomic E-state index is -0.407. The lowest BCUT2D eigenvalue weighted by molar-refractivity contribution is 0.0248. The number of nitrogens with zero attached hydrogens (tertiary/aromatic N) is 2. The molecule has 0 aliphatic carbocycles. The summed E-state index contributed by atoms with van der Waals surface area (Å²) in [4.78, 5) is 18.0. The van der Waals surface area contributed by atoms with Crippen LogP contribution in [0.1, 0.15) is 29.4 Å². The third-order valence-electron chi connectivity index (χ3n) is 3.35. The molecule has 4 heteroatoms. The van der Waals surface area contributed by atoms with Gasteiger partial charge in [-0.3, -0.25) is 9.78 Å². The molecule has 0 spiro atoms. The van der Waals surface area contributed by atoms with Crippen molar-refractivity contribution in [2.45, 2.75) is 26.4 Å². The van der Waals surface area contributed by atoms with Gasteiger partial charge in [0.1, 0.15) is 0 Å². The van der Waals surface area contributed by atoms with Gasteiger partial charge in [0.15, 0.2) is 0 Å². The summed E-state index contributed by atoms with van der Waals surface area (Å²) in [7, 11) is 0. The molecule has 1 aliphatic heterocycles. The van der Waals surface area contributed by atoms with Crippen LogP contribution in [0.3, 0.4) is 0 Å². The smallest absolute Gasteiger partial charge is 0.254 e. The Kier molecular flexibility index (Phi) is 3.43. The maximum atomic E-state index is 12.2. The average molecular weight is 234 g/mol. The number of hydrogen-bond acceptors (Lipinski definition) is 3. The van der Waals surface area contributed by atoms with Gasteiger partial charge in [0, 0.05) is 30.5 Å². The number of pyridine rings is 1. The Labute approximate surface area is 101 Å². The first-order valence-electron chi connectivity index (χ1n) is 5.98. The first-order valence-corrected chi connectivity index (χ1v) is 5.98. The molecule has 2 atom stereocenters. The Balaban J connectivity index is 2.10. The molecule has 1 amide bonds. The molecule has 2 heterocycles. The van der Waals surface area contributed by atoms with E-state index in [-0.39, 0.29) is 11.8 Å². The van der Waals surface area contributed by atoms with E-state index in [0.717, 1.165) is 18.7 Å². The lowest BCUT2D eigenvalue weighted by atomic mass is 9.95. The summed E-state index contributed by atoms with van der Waals surface area (Å²) in [5, 5.41) is 9.79. The number of aromatic nitrogens is 1. The second-order valence-electron chi connectivity index (χ2n) is 4.77. The molecule has 1 N–H and O–H groups in total. The summed E-state index contributed by atoms with van der Waals surface area (Å²) in [6.07, 6.45) is 2.10. The van der Waals surface area contributed by atoms with E-state index in [4.69, 9.17) is 0 Å². The maximum absolute atomic E-state index is 12.2. The van der Waals surface area contributed by atoms with E-state index in [1.54, 1.807) is 23.2 Å². The van der Waals surface area contributed by atoms with Gasteiger partial charge in [0.25, 0.3) is 5.91 Å². The van der Waals surface area contributed by atoms with Crippen molar-refractivity contribution >= 4 is 5.91 Å². The number of amides is 1. The van der Waals surface area contributed by atoms with Gasteiger partial charge in [-0.15, -0.1) is 0 Å². The molecule has 1 saturated heterocycles. The van der Waals surface area contributed by atoms with E-state index in [2.05, 4.69) is 4.98 Å². The van der Waals surface area contributed by atoms with Crippen molar-refractivity contribution in [1.29, 1.82) is 0 Å². The Bertz CT molecular complexity index is 420. The van der Waals surface area contributed by atoms with E-state index in [9.17, 15) is 9.90 Å². The van der Waals surface area contributed by atoms with Crippen molar-refractivity contribution in [3.05, 3.63) is 29.6 Å². The number of β-amino-alcohol motifs (C(OH)–C–C–N with tert-alkyl or cyclic N) is 1. The highest BCUT2D eigenvalue weighted by molar-refractivity contribution is 5.94. The van der Waals surface area contributed by atoms with Crippen LogP contribution < -0.4 is 0 Å². The second-order valence-corrected chi connectivity index (χ2v) is 4.77. The Morgan fingerprint density at radius 3 is 3.00 bits per heavy atom. The quantitative estimate of drug-likeness (QED) is 0.795. The summed E-state index contributed by atoms with van der Waals surface area (Å²) in [5.74, 6) is 0.264. The van der Waals surface area contributed by atoms with Crippen LogP contribution in [0.25, 0.3) is 0 Å². The molecule has 1 aliphatic rings. The average Bonchev–Trinajstić information content (AvgIpc) is 2.32. The predicted molar refractivity (Wildman–Crippen MR) is 64.7 cm³/mol. The van der Waals surface area contributed by atoms with Gasteiger partial charge >= 0.3 is 0 Å². The molecule has 92 valence electrons. The first-order chi connectivity index (χ1) is 8.08. The highest BCUT2D eigenvalue weighted by Gasteiger charge is 2.27. The summed E-state index contributed by atoms with van der Waals surface area (Å²) >= 11 is 0.